The van der Waals surface area contributed by atoms with E-state index in [4.69, 9.17) is 18.9 Å². The fourth-order valence-electron chi connectivity index (χ4n) is 2.85. The van der Waals surface area contributed by atoms with Crippen LogP contribution in [0.3, 0.4) is 0 Å². The summed E-state index contributed by atoms with van der Waals surface area (Å²) in [7, 11) is 0.777. The molecule has 1 heterocycles. The number of methoxy groups -OCH3 is 4. The first kappa shape index (κ1) is 21.2. The number of nitrogens with one attached hydrogen (secondary N) is 1. The van der Waals surface area contributed by atoms with Crippen LogP contribution in [0.15, 0.2) is 30.3 Å². The molecule has 0 amide bonds. The monoisotopic (exact) mass is 436 g/mol. The number of benzene rings is 2. The van der Waals surface area contributed by atoms with Crippen molar-refractivity contribution in [1.82, 2.24) is 15.4 Å². The molecule has 1 aromatic heterocycles. The van der Waals surface area contributed by atoms with Crippen LogP contribution in [0.5, 0.6) is 28.7 Å². The van der Waals surface area contributed by atoms with Gasteiger partial charge in [0.2, 0.25) is 5.75 Å². The molecule has 3 rings (SSSR count). The molecule has 3 aromatic rings. The minimum absolute atomic E-state index is 0.0657. The lowest BCUT2D eigenvalue weighted by atomic mass is 10.0. The smallest absolute Gasteiger partial charge is 0.262 e. The van der Waals surface area contributed by atoms with Gasteiger partial charge < -0.3 is 27.7 Å². The standard InChI is InChI=1S/C18H19N3O8S/c1-25-12-6-5-10(7-13(12)29-30(22,23)24)16-17(20-21-19-16)11-8-14(26-2)18(28-4)15(9-11)27-3/h5-9H,1-4H3,(H,19,20,21)(H,22,23,24)/p-1. The number of ether oxygens (including phenoxy) is 4. The van der Waals surface area contributed by atoms with Crippen molar-refractivity contribution in [1.29, 1.82) is 0 Å². The van der Waals surface area contributed by atoms with Gasteiger partial charge in [-0.2, -0.15) is 15.4 Å². The summed E-state index contributed by atoms with van der Waals surface area (Å²) in [6, 6.07) is 7.75. The third-order valence-electron chi connectivity index (χ3n) is 4.11. The summed E-state index contributed by atoms with van der Waals surface area (Å²) in [4.78, 5) is 0. The minimum Gasteiger partial charge on any atom is -0.716 e. The molecule has 0 fully saturated rings. The van der Waals surface area contributed by atoms with Crippen LogP contribution in [0.25, 0.3) is 22.5 Å². The van der Waals surface area contributed by atoms with Gasteiger partial charge in [-0.05, 0) is 30.3 Å². The maximum Gasteiger partial charge on any atom is 0.262 e. The molecule has 0 aliphatic rings. The Labute approximate surface area is 172 Å². The zero-order valence-electron chi connectivity index (χ0n) is 16.5. The van der Waals surface area contributed by atoms with Gasteiger partial charge in [-0.25, -0.2) is 8.42 Å². The second kappa shape index (κ2) is 8.47. The Balaban J connectivity index is 2.14. The van der Waals surface area contributed by atoms with Crippen LogP contribution in [0.1, 0.15) is 0 Å². The second-order valence-electron chi connectivity index (χ2n) is 5.79. The highest BCUT2D eigenvalue weighted by Gasteiger charge is 2.20. The van der Waals surface area contributed by atoms with E-state index in [1.807, 2.05) is 0 Å². The minimum atomic E-state index is -5.00. The van der Waals surface area contributed by atoms with Crippen LogP contribution < -0.4 is 23.1 Å². The number of H-pyrrole nitrogens is 1. The molecular formula is C18H18N3O8S-. The van der Waals surface area contributed by atoms with Crippen molar-refractivity contribution in [2.24, 2.45) is 0 Å². The van der Waals surface area contributed by atoms with E-state index >= 15 is 0 Å². The molecule has 1 N–H and O–H groups in total. The fraction of sp³-hybridized carbons (Fsp3) is 0.222. The molecule has 11 nitrogen and oxygen atoms in total. The quantitative estimate of drug-likeness (QED) is 0.411. The van der Waals surface area contributed by atoms with Gasteiger partial charge in [-0.3, -0.25) is 0 Å². The molecule has 0 aliphatic heterocycles. The Hall–Kier alpha value is -3.51. The Morgan fingerprint density at radius 3 is 1.80 bits per heavy atom. The van der Waals surface area contributed by atoms with Crippen LogP contribution in [0.2, 0.25) is 0 Å². The van der Waals surface area contributed by atoms with E-state index in [1.165, 1.54) is 40.6 Å². The molecule has 12 heteroatoms. The molecule has 0 unspecified atom stereocenters. The number of rotatable bonds is 8. The summed E-state index contributed by atoms with van der Waals surface area (Å²) in [6.45, 7) is 0. The molecular weight excluding hydrogens is 418 g/mol. The molecule has 30 heavy (non-hydrogen) atoms. The summed E-state index contributed by atoms with van der Waals surface area (Å²) < 4.78 is 58.7. The lowest BCUT2D eigenvalue weighted by molar-refractivity contribution is 0.324. The predicted octanol–water partition coefficient (Wildman–Crippen LogP) is 2.01. The van der Waals surface area contributed by atoms with E-state index in [0.717, 1.165) is 0 Å². The van der Waals surface area contributed by atoms with Crippen molar-refractivity contribution in [3.8, 4) is 51.3 Å². The first-order valence-corrected chi connectivity index (χ1v) is 9.69. The van der Waals surface area contributed by atoms with Crippen molar-refractivity contribution >= 4 is 10.4 Å². The molecule has 0 radical (unpaired) electrons. The van der Waals surface area contributed by atoms with Gasteiger partial charge in [0.15, 0.2) is 23.0 Å². The number of hydrogen-bond donors (Lipinski definition) is 1. The SMILES string of the molecule is COc1ccc(-c2n[nH]nc2-c2cc(OC)c(OC)c(OC)c2)cc1OS(=O)(=O)[O-]. The van der Waals surface area contributed by atoms with Crippen LogP contribution in [0, 0.1) is 0 Å². The van der Waals surface area contributed by atoms with Crippen LogP contribution in [-0.4, -0.2) is 56.8 Å². The van der Waals surface area contributed by atoms with E-state index < -0.39 is 10.4 Å². The molecule has 0 saturated carbocycles. The first-order valence-electron chi connectivity index (χ1n) is 8.36. The third-order valence-corrected chi connectivity index (χ3v) is 4.50. The van der Waals surface area contributed by atoms with E-state index in [1.54, 1.807) is 18.2 Å². The summed E-state index contributed by atoms with van der Waals surface area (Å²) in [5, 5.41) is 10.8. The van der Waals surface area contributed by atoms with Crippen molar-refractivity contribution in [2.75, 3.05) is 28.4 Å². The van der Waals surface area contributed by atoms with Gasteiger partial charge in [-0.1, -0.05) is 0 Å². The Morgan fingerprint density at radius 1 is 0.767 bits per heavy atom. The Morgan fingerprint density at radius 2 is 1.30 bits per heavy atom. The van der Waals surface area contributed by atoms with Crippen LogP contribution in [0.4, 0.5) is 0 Å². The molecule has 0 saturated heterocycles. The summed E-state index contributed by atoms with van der Waals surface area (Å²) >= 11 is 0. The highest BCUT2D eigenvalue weighted by Crippen LogP contribution is 2.43. The van der Waals surface area contributed by atoms with Crippen molar-refractivity contribution in [3.05, 3.63) is 30.3 Å². The van der Waals surface area contributed by atoms with E-state index in [2.05, 4.69) is 19.6 Å². The maximum atomic E-state index is 11.0. The largest absolute Gasteiger partial charge is 0.716 e. The first-order chi connectivity index (χ1) is 14.3. The molecule has 0 aliphatic carbocycles. The molecule has 160 valence electrons. The summed E-state index contributed by atoms with van der Waals surface area (Å²) in [5.41, 5.74) is 1.78. The summed E-state index contributed by atoms with van der Waals surface area (Å²) in [5.74, 6) is 1.03. The second-order valence-corrected chi connectivity index (χ2v) is 6.78. The van der Waals surface area contributed by atoms with Crippen molar-refractivity contribution < 1.29 is 36.1 Å². The van der Waals surface area contributed by atoms with Gasteiger partial charge in [0.1, 0.15) is 11.4 Å². The van der Waals surface area contributed by atoms with E-state index in [-0.39, 0.29) is 11.5 Å². The zero-order chi connectivity index (χ0) is 21.9. The highest BCUT2D eigenvalue weighted by atomic mass is 32.3. The molecule has 0 atom stereocenters. The van der Waals surface area contributed by atoms with Crippen LogP contribution in [-0.2, 0) is 10.4 Å². The normalized spacial score (nSPS) is 11.1. The maximum absolute atomic E-state index is 11.0. The molecule has 2 aromatic carbocycles. The van der Waals surface area contributed by atoms with Gasteiger partial charge >= 0.3 is 0 Å². The van der Waals surface area contributed by atoms with Gasteiger partial charge in [0.25, 0.3) is 10.4 Å². The average Bonchev–Trinajstić information content (AvgIpc) is 3.21. The lowest BCUT2D eigenvalue weighted by Crippen LogP contribution is -2.08. The average molecular weight is 436 g/mol. The number of hydrogen-bond acceptors (Lipinski definition) is 10. The predicted molar refractivity (Wildman–Crippen MR) is 104 cm³/mol. The zero-order valence-corrected chi connectivity index (χ0v) is 17.3. The molecule has 0 spiro atoms. The van der Waals surface area contributed by atoms with Crippen LogP contribution >= 0.6 is 0 Å². The van der Waals surface area contributed by atoms with E-state index in [9.17, 15) is 13.0 Å². The third kappa shape index (κ3) is 4.23. The van der Waals surface area contributed by atoms with Gasteiger partial charge in [0.05, 0.1) is 28.4 Å². The fourth-order valence-corrected chi connectivity index (χ4v) is 3.20. The summed E-state index contributed by atoms with van der Waals surface area (Å²) in [6.07, 6.45) is 0. The van der Waals surface area contributed by atoms with E-state index in [0.29, 0.717) is 39.8 Å². The highest BCUT2D eigenvalue weighted by molar-refractivity contribution is 7.81. The number of nitrogens with zero attached hydrogens (tertiary/aromatic N) is 2. The molecule has 0 bridgehead atoms. The Bertz CT molecular complexity index is 1130. The van der Waals surface area contributed by atoms with Gasteiger partial charge in [0, 0.05) is 11.1 Å². The number of aromatic nitrogens is 3. The lowest BCUT2D eigenvalue weighted by Gasteiger charge is -2.14. The number of aromatic amines is 1. The van der Waals surface area contributed by atoms with Crippen molar-refractivity contribution in [3.63, 3.8) is 0 Å². The van der Waals surface area contributed by atoms with Crippen molar-refractivity contribution in [2.45, 2.75) is 0 Å². The van der Waals surface area contributed by atoms with Gasteiger partial charge in [-0.15, -0.1) is 0 Å². The Kier molecular flexibility index (Phi) is 5.99. The topological polar surface area (TPSA) is 145 Å².